The van der Waals surface area contributed by atoms with Crippen LogP contribution in [-0.4, -0.2) is 24.9 Å². The molecular formula is C15H19Cl2NO2. The van der Waals surface area contributed by atoms with Crippen molar-refractivity contribution < 1.29 is 9.53 Å². The summed E-state index contributed by atoms with van der Waals surface area (Å²) in [6.07, 6.45) is 4.30. The lowest BCUT2D eigenvalue weighted by atomic mass is 9.89. The van der Waals surface area contributed by atoms with Crippen LogP contribution in [0.4, 0.5) is 0 Å². The van der Waals surface area contributed by atoms with Gasteiger partial charge >= 0.3 is 0 Å². The molecule has 0 aromatic heterocycles. The Balaban J connectivity index is 1.96. The van der Waals surface area contributed by atoms with Gasteiger partial charge in [-0.2, -0.15) is 0 Å². The zero-order valence-corrected chi connectivity index (χ0v) is 13.0. The Morgan fingerprint density at radius 3 is 2.95 bits per heavy atom. The molecule has 0 saturated heterocycles. The standard InChI is InChI=1S/C15H19Cl2NO2/c1-20-14-6-5-12(17)8-13(14)15(19)18-9-10-3-2-4-11(16)7-10/h5-6,8,10-11H,2-4,7,9H2,1H3,(H,18,19). The second-order valence-corrected chi connectivity index (χ2v) is 6.24. The van der Waals surface area contributed by atoms with Gasteiger partial charge in [0, 0.05) is 16.9 Å². The molecule has 1 aromatic rings. The van der Waals surface area contributed by atoms with Crippen molar-refractivity contribution in [2.24, 2.45) is 5.92 Å². The quantitative estimate of drug-likeness (QED) is 0.856. The van der Waals surface area contributed by atoms with Gasteiger partial charge in [-0.15, -0.1) is 11.6 Å². The third-order valence-electron chi connectivity index (χ3n) is 3.68. The van der Waals surface area contributed by atoms with Crippen LogP contribution in [0.2, 0.25) is 5.02 Å². The molecule has 3 nitrogen and oxygen atoms in total. The highest BCUT2D eigenvalue weighted by molar-refractivity contribution is 6.31. The van der Waals surface area contributed by atoms with Crippen LogP contribution in [0.25, 0.3) is 0 Å². The van der Waals surface area contributed by atoms with Gasteiger partial charge in [-0.1, -0.05) is 18.0 Å². The average molecular weight is 316 g/mol. The molecule has 20 heavy (non-hydrogen) atoms. The van der Waals surface area contributed by atoms with Crippen LogP contribution in [0.1, 0.15) is 36.0 Å². The minimum absolute atomic E-state index is 0.152. The van der Waals surface area contributed by atoms with Gasteiger partial charge in [0.15, 0.2) is 0 Å². The van der Waals surface area contributed by atoms with Gasteiger partial charge in [-0.25, -0.2) is 0 Å². The zero-order chi connectivity index (χ0) is 14.5. The van der Waals surface area contributed by atoms with Crippen molar-refractivity contribution in [1.82, 2.24) is 5.32 Å². The van der Waals surface area contributed by atoms with E-state index in [1.165, 1.54) is 0 Å². The summed E-state index contributed by atoms with van der Waals surface area (Å²) < 4.78 is 5.19. The third-order valence-corrected chi connectivity index (χ3v) is 4.31. The fourth-order valence-corrected chi connectivity index (χ4v) is 3.18. The van der Waals surface area contributed by atoms with Gasteiger partial charge in [0.2, 0.25) is 0 Å². The second-order valence-electron chi connectivity index (χ2n) is 5.18. The van der Waals surface area contributed by atoms with Crippen molar-refractivity contribution >= 4 is 29.1 Å². The van der Waals surface area contributed by atoms with Crippen molar-refractivity contribution in [3.63, 3.8) is 0 Å². The topological polar surface area (TPSA) is 38.3 Å². The van der Waals surface area contributed by atoms with E-state index in [9.17, 15) is 4.79 Å². The molecule has 1 fully saturated rings. The van der Waals surface area contributed by atoms with Crippen molar-refractivity contribution in [3.8, 4) is 5.75 Å². The highest BCUT2D eigenvalue weighted by atomic mass is 35.5. The van der Waals surface area contributed by atoms with E-state index in [-0.39, 0.29) is 11.3 Å². The number of amides is 1. The van der Waals surface area contributed by atoms with E-state index in [0.29, 0.717) is 28.8 Å². The molecule has 0 radical (unpaired) electrons. The number of methoxy groups -OCH3 is 1. The highest BCUT2D eigenvalue weighted by Crippen LogP contribution is 2.27. The molecule has 1 N–H and O–H groups in total. The Bertz CT molecular complexity index is 479. The van der Waals surface area contributed by atoms with Gasteiger partial charge in [0.1, 0.15) is 5.75 Å². The van der Waals surface area contributed by atoms with E-state index in [1.54, 1.807) is 25.3 Å². The summed E-state index contributed by atoms with van der Waals surface area (Å²) in [5.74, 6) is 0.840. The molecule has 1 saturated carbocycles. The lowest BCUT2D eigenvalue weighted by Gasteiger charge is -2.25. The maximum absolute atomic E-state index is 12.2. The Labute approximate surface area is 129 Å². The van der Waals surface area contributed by atoms with E-state index in [2.05, 4.69) is 5.32 Å². The largest absolute Gasteiger partial charge is 0.496 e. The molecule has 2 unspecified atom stereocenters. The van der Waals surface area contributed by atoms with E-state index in [4.69, 9.17) is 27.9 Å². The van der Waals surface area contributed by atoms with E-state index >= 15 is 0 Å². The molecule has 2 atom stereocenters. The SMILES string of the molecule is COc1ccc(Cl)cc1C(=O)NCC1CCCC(Cl)C1. The zero-order valence-electron chi connectivity index (χ0n) is 11.5. The first-order chi connectivity index (χ1) is 9.60. The normalized spacial score (nSPS) is 22.4. The van der Waals surface area contributed by atoms with Crippen LogP contribution < -0.4 is 10.1 Å². The van der Waals surface area contributed by atoms with Gasteiger partial charge in [-0.3, -0.25) is 4.79 Å². The highest BCUT2D eigenvalue weighted by Gasteiger charge is 2.21. The maximum Gasteiger partial charge on any atom is 0.255 e. The number of carbonyl (C=O) groups is 1. The molecule has 1 aromatic carbocycles. The number of carbonyl (C=O) groups excluding carboxylic acids is 1. The predicted octanol–water partition coefficient (Wildman–Crippen LogP) is 3.88. The fourth-order valence-electron chi connectivity index (χ4n) is 2.60. The Morgan fingerprint density at radius 2 is 2.25 bits per heavy atom. The summed E-state index contributed by atoms with van der Waals surface area (Å²) in [5, 5.41) is 3.72. The molecule has 0 aliphatic heterocycles. The molecule has 0 heterocycles. The average Bonchev–Trinajstić information content (AvgIpc) is 2.45. The number of alkyl halides is 1. The minimum atomic E-state index is -0.152. The summed E-state index contributed by atoms with van der Waals surface area (Å²) in [6.45, 7) is 0.651. The number of hydrogen-bond donors (Lipinski definition) is 1. The van der Waals surface area contributed by atoms with Crippen LogP contribution in [0.3, 0.4) is 0 Å². The molecule has 5 heteroatoms. The summed E-state index contributed by atoms with van der Waals surface area (Å²) in [4.78, 5) is 12.2. The molecule has 1 aliphatic carbocycles. The monoisotopic (exact) mass is 315 g/mol. The van der Waals surface area contributed by atoms with Crippen molar-refractivity contribution in [2.75, 3.05) is 13.7 Å². The summed E-state index contributed by atoms with van der Waals surface area (Å²) in [7, 11) is 1.54. The number of halogens is 2. The molecule has 2 rings (SSSR count). The van der Waals surface area contributed by atoms with E-state index < -0.39 is 0 Å². The Kier molecular flexibility index (Phi) is 5.55. The van der Waals surface area contributed by atoms with Crippen LogP contribution in [-0.2, 0) is 0 Å². The smallest absolute Gasteiger partial charge is 0.255 e. The summed E-state index contributed by atoms with van der Waals surface area (Å²) in [5.41, 5.74) is 0.471. The van der Waals surface area contributed by atoms with Crippen LogP contribution >= 0.6 is 23.2 Å². The molecule has 0 spiro atoms. The third kappa shape index (κ3) is 4.03. The van der Waals surface area contributed by atoms with E-state index in [0.717, 1.165) is 25.7 Å². The number of nitrogens with one attached hydrogen (secondary N) is 1. The molecule has 1 amide bonds. The van der Waals surface area contributed by atoms with Gasteiger partial charge < -0.3 is 10.1 Å². The predicted molar refractivity (Wildman–Crippen MR) is 81.9 cm³/mol. The van der Waals surface area contributed by atoms with E-state index in [1.807, 2.05) is 0 Å². The molecule has 1 aliphatic rings. The number of benzene rings is 1. The van der Waals surface area contributed by atoms with Gasteiger partial charge in [0.25, 0.3) is 5.91 Å². The number of ether oxygens (including phenoxy) is 1. The summed E-state index contributed by atoms with van der Waals surface area (Å²) >= 11 is 12.1. The van der Waals surface area contributed by atoms with Gasteiger partial charge in [0.05, 0.1) is 12.7 Å². The first kappa shape index (κ1) is 15.5. The Hall–Kier alpha value is -0.930. The number of rotatable bonds is 4. The first-order valence-corrected chi connectivity index (χ1v) is 7.67. The van der Waals surface area contributed by atoms with Crippen molar-refractivity contribution in [3.05, 3.63) is 28.8 Å². The van der Waals surface area contributed by atoms with Gasteiger partial charge in [-0.05, 0) is 43.4 Å². The fraction of sp³-hybridized carbons (Fsp3) is 0.533. The molecule has 0 bridgehead atoms. The lowest BCUT2D eigenvalue weighted by Crippen LogP contribution is -2.32. The van der Waals surface area contributed by atoms with Crippen molar-refractivity contribution in [2.45, 2.75) is 31.1 Å². The number of hydrogen-bond acceptors (Lipinski definition) is 2. The molecule has 110 valence electrons. The minimum Gasteiger partial charge on any atom is -0.496 e. The Morgan fingerprint density at radius 1 is 1.45 bits per heavy atom. The molecular weight excluding hydrogens is 297 g/mol. The van der Waals surface area contributed by atoms with Crippen LogP contribution in [0.15, 0.2) is 18.2 Å². The van der Waals surface area contributed by atoms with Crippen LogP contribution in [0.5, 0.6) is 5.75 Å². The van der Waals surface area contributed by atoms with Crippen LogP contribution in [0, 0.1) is 5.92 Å². The summed E-state index contributed by atoms with van der Waals surface area (Å²) in [6, 6.07) is 5.03. The van der Waals surface area contributed by atoms with Crippen molar-refractivity contribution in [1.29, 1.82) is 0 Å². The first-order valence-electron chi connectivity index (χ1n) is 6.86. The second kappa shape index (κ2) is 7.19. The maximum atomic E-state index is 12.2. The lowest BCUT2D eigenvalue weighted by molar-refractivity contribution is 0.0940.